The molecule has 204 valence electrons. The Labute approximate surface area is 230 Å². The lowest BCUT2D eigenvalue weighted by Gasteiger charge is -2.35. The molecule has 2 heterocycles. The fourth-order valence-electron chi connectivity index (χ4n) is 5.34. The summed E-state index contributed by atoms with van der Waals surface area (Å²) in [6.07, 6.45) is 0.542. The maximum Gasteiger partial charge on any atom is 0.257 e. The molecule has 2 aliphatic rings. The molecule has 5 rings (SSSR count). The van der Waals surface area contributed by atoms with Crippen LogP contribution >= 0.6 is 0 Å². The number of carbonyl (C=O) groups excluding carboxylic acids is 1. The number of hydrogen-bond acceptors (Lipinski definition) is 7. The van der Waals surface area contributed by atoms with Crippen LogP contribution < -0.4 is 14.2 Å². The van der Waals surface area contributed by atoms with E-state index in [1.54, 1.807) is 26.3 Å². The van der Waals surface area contributed by atoms with Crippen LogP contribution in [0.3, 0.4) is 0 Å². The zero-order chi connectivity index (χ0) is 27.2. The standard InChI is InChI=1S/C31H36N4O4/c1-37-24-13-14-30(39-3)26(19-24)28-20-27(25-11-7-8-12-29(25)38-2)32-35(28)31(36)22-34-17-15-33(16-18-34)21-23-9-5-4-6-10-23/h4-14,19,28H,15-18,20-22H2,1-3H3. The summed E-state index contributed by atoms with van der Waals surface area (Å²) in [5, 5.41) is 6.51. The zero-order valence-corrected chi connectivity index (χ0v) is 22.9. The first-order valence-corrected chi connectivity index (χ1v) is 13.3. The van der Waals surface area contributed by atoms with E-state index in [0.717, 1.165) is 55.3 Å². The van der Waals surface area contributed by atoms with Crippen molar-refractivity contribution in [3.8, 4) is 17.2 Å². The lowest BCUT2D eigenvalue weighted by atomic mass is 9.97. The Kier molecular flexibility index (Phi) is 8.44. The molecule has 0 radical (unpaired) electrons. The van der Waals surface area contributed by atoms with E-state index in [4.69, 9.17) is 19.3 Å². The quantitative estimate of drug-likeness (QED) is 0.415. The van der Waals surface area contributed by atoms with Gasteiger partial charge in [0.05, 0.1) is 39.6 Å². The molecule has 8 heteroatoms. The number of methoxy groups -OCH3 is 3. The van der Waals surface area contributed by atoms with Gasteiger partial charge in [0.1, 0.15) is 17.2 Å². The van der Waals surface area contributed by atoms with Crippen LogP contribution in [0, 0.1) is 0 Å². The van der Waals surface area contributed by atoms with E-state index in [1.807, 2.05) is 48.5 Å². The Morgan fingerprint density at radius 2 is 1.51 bits per heavy atom. The molecule has 1 unspecified atom stereocenters. The predicted molar refractivity (Wildman–Crippen MR) is 151 cm³/mol. The molecule has 0 aromatic heterocycles. The Balaban J connectivity index is 1.35. The molecule has 0 saturated carbocycles. The number of benzene rings is 3. The molecule has 39 heavy (non-hydrogen) atoms. The third kappa shape index (κ3) is 6.08. The number of nitrogens with zero attached hydrogens (tertiary/aromatic N) is 4. The highest BCUT2D eigenvalue weighted by molar-refractivity contribution is 6.05. The van der Waals surface area contributed by atoms with E-state index in [9.17, 15) is 4.79 Å². The summed E-state index contributed by atoms with van der Waals surface area (Å²) >= 11 is 0. The van der Waals surface area contributed by atoms with Gasteiger partial charge in [-0.1, -0.05) is 42.5 Å². The summed E-state index contributed by atoms with van der Waals surface area (Å²) in [5.41, 5.74) is 3.87. The van der Waals surface area contributed by atoms with Crippen LogP contribution in [0.25, 0.3) is 0 Å². The van der Waals surface area contributed by atoms with Gasteiger partial charge in [-0.05, 0) is 35.9 Å². The van der Waals surface area contributed by atoms with Crippen LogP contribution in [0.2, 0.25) is 0 Å². The van der Waals surface area contributed by atoms with E-state index < -0.39 is 0 Å². The second-order valence-electron chi connectivity index (χ2n) is 9.85. The molecule has 1 fully saturated rings. The maximum atomic E-state index is 13.8. The number of hydrogen-bond donors (Lipinski definition) is 0. The van der Waals surface area contributed by atoms with Gasteiger partial charge in [-0.3, -0.25) is 14.6 Å². The summed E-state index contributed by atoms with van der Waals surface area (Å²) in [5.74, 6) is 2.10. The second kappa shape index (κ2) is 12.3. The van der Waals surface area contributed by atoms with Gasteiger partial charge in [-0.25, -0.2) is 5.01 Å². The predicted octanol–water partition coefficient (Wildman–Crippen LogP) is 4.21. The summed E-state index contributed by atoms with van der Waals surface area (Å²) in [6.45, 7) is 4.76. The number of hydrazone groups is 1. The fraction of sp³-hybridized carbons (Fsp3) is 0.355. The third-order valence-corrected chi connectivity index (χ3v) is 7.45. The minimum absolute atomic E-state index is 0.0359. The van der Waals surface area contributed by atoms with Crippen molar-refractivity contribution in [2.24, 2.45) is 5.10 Å². The number of rotatable bonds is 9. The largest absolute Gasteiger partial charge is 0.497 e. The van der Waals surface area contributed by atoms with Crippen LogP contribution in [0.1, 0.15) is 29.2 Å². The van der Waals surface area contributed by atoms with Gasteiger partial charge in [-0.2, -0.15) is 5.10 Å². The molecular weight excluding hydrogens is 492 g/mol. The first kappa shape index (κ1) is 26.7. The molecule has 1 atom stereocenters. The topological polar surface area (TPSA) is 66.8 Å². The maximum absolute atomic E-state index is 13.8. The SMILES string of the molecule is COc1ccc(OC)c(C2CC(c3ccccc3OC)=NN2C(=O)CN2CCN(Cc3ccccc3)CC2)c1. The van der Waals surface area contributed by atoms with E-state index >= 15 is 0 Å². The van der Waals surface area contributed by atoms with E-state index in [0.29, 0.717) is 24.5 Å². The third-order valence-electron chi connectivity index (χ3n) is 7.45. The number of carbonyl (C=O) groups is 1. The molecule has 2 aliphatic heterocycles. The lowest BCUT2D eigenvalue weighted by Crippen LogP contribution is -2.49. The number of amides is 1. The normalized spacial score (nSPS) is 18.1. The van der Waals surface area contributed by atoms with Gasteiger partial charge in [0.25, 0.3) is 5.91 Å². The Hall–Kier alpha value is -3.88. The Morgan fingerprint density at radius 1 is 0.821 bits per heavy atom. The molecular formula is C31H36N4O4. The van der Waals surface area contributed by atoms with Crippen molar-refractivity contribution in [3.63, 3.8) is 0 Å². The monoisotopic (exact) mass is 528 g/mol. The van der Waals surface area contributed by atoms with Crippen molar-refractivity contribution < 1.29 is 19.0 Å². The molecule has 0 N–H and O–H groups in total. The highest BCUT2D eigenvalue weighted by Crippen LogP contribution is 2.40. The Bertz CT molecular complexity index is 1300. The highest BCUT2D eigenvalue weighted by Gasteiger charge is 2.36. The van der Waals surface area contributed by atoms with Crippen LogP contribution in [-0.4, -0.2) is 80.5 Å². The van der Waals surface area contributed by atoms with Crippen molar-refractivity contribution in [2.75, 3.05) is 54.1 Å². The van der Waals surface area contributed by atoms with Crippen LogP contribution in [0.5, 0.6) is 17.2 Å². The van der Waals surface area contributed by atoms with Crippen LogP contribution in [0.15, 0.2) is 77.9 Å². The average molecular weight is 529 g/mol. The van der Waals surface area contributed by atoms with Gasteiger partial charge >= 0.3 is 0 Å². The minimum Gasteiger partial charge on any atom is -0.497 e. The molecule has 0 spiro atoms. The number of para-hydroxylation sites is 1. The summed E-state index contributed by atoms with van der Waals surface area (Å²) in [6, 6.07) is 23.7. The number of ether oxygens (including phenoxy) is 3. The Morgan fingerprint density at radius 3 is 2.23 bits per heavy atom. The zero-order valence-electron chi connectivity index (χ0n) is 22.9. The minimum atomic E-state index is -0.318. The first-order valence-electron chi connectivity index (χ1n) is 13.3. The summed E-state index contributed by atoms with van der Waals surface area (Å²) in [7, 11) is 4.93. The molecule has 1 saturated heterocycles. The van der Waals surface area contributed by atoms with E-state index in [2.05, 4.69) is 34.1 Å². The summed E-state index contributed by atoms with van der Waals surface area (Å²) < 4.78 is 16.8. The van der Waals surface area contributed by atoms with Crippen molar-refractivity contribution in [2.45, 2.75) is 19.0 Å². The highest BCUT2D eigenvalue weighted by atomic mass is 16.5. The molecule has 1 amide bonds. The van der Waals surface area contributed by atoms with E-state index in [-0.39, 0.29) is 11.9 Å². The van der Waals surface area contributed by atoms with Crippen molar-refractivity contribution in [3.05, 3.63) is 89.5 Å². The smallest absolute Gasteiger partial charge is 0.257 e. The van der Waals surface area contributed by atoms with Crippen LogP contribution in [0.4, 0.5) is 0 Å². The second-order valence-corrected chi connectivity index (χ2v) is 9.85. The average Bonchev–Trinajstić information content (AvgIpc) is 3.44. The molecule has 0 bridgehead atoms. The molecule has 8 nitrogen and oxygen atoms in total. The summed E-state index contributed by atoms with van der Waals surface area (Å²) in [4.78, 5) is 18.5. The van der Waals surface area contributed by atoms with Crippen molar-refractivity contribution in [1.29, 1.82) is 0 Å². The molecule has 0 aliphatic carbocycles. The van der Waals surface area contributed by atoms with Gasteiger partial charge in [0.2, 0.25) is 0 Å². The molecule has 3 aromatic carbocycles. The lowest BCUT2D eigenvalue weighted by molar-refractivity contribution is -0.134. The van der Waals surface area contributed by atoms with E-state index in [1.165, 1.54) is 5.56 Å². The number of piperazine rings is 1. The van der Waals surface area contributed by atoms with Gasteiger partial charge in [0.15, 0.2) is 0 Å². The van der Waals surface area contributed by atoms with Crippen molar-refractivity contribution >= 4 is 11.6 Å². The van der Waals surface area contributed by atoms with Crippen LogP contribution in [-0.2, 0) is 11.3 Å². The first-order chi connectivity index (χ1) is 19.1. The van der Waals surface area contributed by atoms with Crippen molar-refractivity contribution in [1.82, 2.24) is 14.8 Å². The molecule has 3 aromatic rings. The fourth-order valence-corrected chi connectivity index (χ4v) is 5.34. The van der Waals surface area contributed by atoms with Gasteiger partial charge in [0, 0.05) is 50.3 Å². The van der Waals surface area contributed by atoms with Gasteiger partial charge in [-0.15, -0.1) is 0 Å². The van der Waals surface area contributed by atoms with Gasteiger partial charge < -0.3 is 14.2 Å².